The van der Waals surface area contributed by atoms with Gasteiger partial charge in [0.15, 0.2) is 16.3 Å². The van der Waals surface area contributed by atoms with Gasteiger partial charge in [0.25, 0.3) is 5.56 Å². The van der Waals surface area contributed by atoms with Gasteiger partial charge < -0.3 is 4.98 Å². The molecule has 0 aliphatic carbocycles. The summed E-state index contributed by atoms with van der Waals surface area (Å²) in [5.41, 5.74) is 3.26. The lowest BCUT2D eigenvalue weighted by atomic mass is 10.2. The zero-order valence-corrected chi connectivity index (χ0v) is 18.8. The zero-order valence-electron chi connectivity index (χ0n) is 18.0. The van der Waals surface area contributed by atoms with E-state index in [1.54, 1.807) is 6.92 Å². The van der Waals surface area contributed by atoms with Gasteiger partial charge in [0.2, 0.25) is 0 Å². The molecule has 0 amide bonds. The quantitative estimate of drug-likeness (QED) is 0.314. The minimum Gasteiger partial charge on any atom is -0.309 e. The predicted octanol–water partition coefficient (Wildman–Crippen LogP) is 4.82. The van der Waals surface area contributed by atoms with E-state index in [0.29, 0.717) is 33.4 Å². The summed E-state index contributed by atoms with van der Waals surface area (Å²) in [6, 6.07) is 29.7. The molecule has 0 aliphatic heterocycles. The fourth-order valence-electron chi connectivity index (χ4n) is 3.52. The lowest BCUT2D eigenvalue weighted by molar-refractivity contribution is 0.786. The second-order valence-corrected chi connectivity index (χ2v) is 8.49. The van der Waals surface area contributed by atoms with Gasteiger partial charge >= 0.3 is 0 Å². The lowest BCUT2D eigenvalue weighted by Gasteiger charge is -2.06. The Bertz CT molecular complexity index is 1550. The van der Waals surface area contributed by atoms with Crippen LogP contribution in [0.4, 0.5) is 5.69 Å². The average molecular weight is 452 g/mol. The Hall–Kier alpha value is -4.10. The number of aromatic nitrogens is 3. The number of aryl methyl sites for hydroxylation is 1. The normalized spacial score (nSPS) is 12.4. The van der Waals surface area contributed by atoms with Crippen LogP contribution in [0.2, 0.25) is 0 Å². The van der Waals surface area contributed by atoms with Crippen molar-refractivity contribution < 1.29 is 0 Å². The maximum absolute atomic E-state index is 12.7. The molecule has 2 aromatic heterocycles. The van der Waals surface area contributed by atoms with Crippen molar-refractivity contribution in [3.8, 4) is 0 Å². The molecule has 3 aromatic carbocycles. The predicted molar refractivity (Wildman–Crippen MR) is 133 cm³/mol. The molecule has 0 spiro atoms. The van der Waals surface area contributed by atoms with Crippen molar-refractivity contribution in [3.05, 3.63) is 123 Å². The van der Waals surface area contributed by atoms with E-state index < -0.39 is 0 Å². The second-order valence-electron chi connectivity index (χ2n) is 7.51. The fraction of sp³-hybridized carbons (Fsp3) is 0.0769. The Kier molecular flexibility index (Phi) is 5.78. The van der Waals surface area contributed by atoms with E-state index >= 15 is 0 Å². The van der Waals surface area contributed by atoms with Crippen molar-refractivity contribution in [2.45, 2.75) is 13.5 Å². The molecule has 5 rings (SSSR count). The molecule has 162 valence electrons. The van der Waals surface area contributed by atoms with E-state index in [-0.39, 0.29) is 5.56 Å². The van der Waals surface area contributed by atoms with E-state index in [2.05, 4.69) is 22.1 Å². The summed E-state index contributed by atoms with van der Waals surface area (Å²) in [7, 11) is 0. The minimum absolute atomic E-state index is 0.160. The third kappa shape index (κ3) is 4.58. The van der Waals surface area contributed by atoms with Crippen LogP contribution in [0.3, 0.4) is 0 Å². The number of para-hydroxylation sites is 1. The number of nitrogens with zero attached hydrogens (tertiary/aromatic N) is 4. The van der Waals surface area contributed by atoms with Crippen LogP contribution < -0.4 is 10.4 Å². The molecular formula is C26H21N5OS. The number of nitrogens with one attached hydrogen (secondary N) is 1. The number of fused-ring (bicyclic) bond motifs is 1. The Labute approximate surface area is 194 Å². The zero-order chi connectivity index (χ0) is 22.6. The number of thiazole rings is 1. The Morgan fingerprint density at radius 2 is 1.58 bits per heavy atom. The molecule has 0 radical (unpaired) electrons. The largest absolute Gasteiger partial charge is 0.309 e. The SMILES string of the molecule is Cc1nc2c(sc(=NC(=Nc3ccccc3)c3ccccc3)n2Cc2ccccc2)c(=O)[nH]1. The molecule has 33 heavy (non-hydrogen) atoms. The molecule has 6 nitrogen and oxygen atoms in total. The maximum Gasteiger partial charge on any atom is 0.270 e. The summed E-state index contributed by atoms with van der Waals surface area (Å²) >= 11 is 1.32. The Balaban J connectivity index is 1.77. The van der Waals surface area contributed by atoms with Crippen LogP contribution in [0.1, 0.15) is 17.0 Å². The molecule has 0 saturated carbocycles. The summed E-state index contributed by atoms with van der Waals surface area (Å²) < 4.78 is 2.53. The first kappa shape index (κ1) is 20.8. The summed E-state index contributed by atoms with van der Waals surface area (Å²) in [6.07, 6.45) is 0. The number of benzene rings is 3. The molecule has 0 bridgehead atoms. The van der Waals surface area contributed by atoms with Crippen molar-refractivity contribution in [1.29, 1.82) is 0 Å². The molecule has 1 N–H and O–H groups in total. The van der Waals surface area contributed by atoms with Gasteiger partial charge in [-0.2, -0.15) is 0 Å². The first-order chi connectivity index (χ1) is 16.2. The summed E-state index contributed by atoms with van der Waals surface area (Å²) in [4.78, 5) is 30.6. The van der Waals surface area contributed by atoms with Crippen LogP contribution in [0.15, 0.2) is 106 Å². The average Bonchev–Trinajstić information content (AvgIpc) is 3.18. The van der Waals surface area contributed by atoms with Crippen molar-refractivity contribution >= 4 is 33.2 Å². The Morgan fingerprint density at radius 3 is 2.27 bits per heavy atom. The van der Waals surface area contributed by atoms with Gasteiger partial charge in [-0.25, -0.2) is 15.0 Å². The van der Waals surface area contributed by atoms with Crippen LogP contribution in [0.25, 0.3) is 10.3 Å². The highest BCUT2D eigenvalue weighted by Gasteiger charge is 2.14. The van der Waals surface area contributed by atoms with Crippen LogP contribution in [-0.2, 0) is 6.54 Å². The van der Waals surface area contributed by atoms with E-state index in [4.69, 9.17) is 9.98 Å². The number of amidine groups is 1. The fourth-order valence-corrected chi connectivity index (χ4v) is 4.49. The van der Waals surface area contributed by atoms with Crippen molar-refractivity contribution in [3.63, 3.8) is 0 Å². The molecule has 5 aromatic rings. The monoisotopic (exact) mass is 451 g/mol. The standard InChI is InChI=1S/C26H21N5OS/c1-18-27-24-22(25(32)28-18)33-26(31(24)17-19-11-5-2-6-12-19)30-23(20-13-7-3-8-14-20)29-21-15-9-4-10-16-21/h2-16H,17H2,1H3,(H,27,28,32). The number of aromatic amines is 1. The molecule has 7 heteroatoms. The maximum atomic E-state index is 12.7. The van der Waals surface area contributed by atoms with Gasteiger partial charge in [0.1, 0.15) is 10.5 Å². The van der Waals surface area contributed by atoms with Crippen molar-refractivity contribution in [2.75, 3.05) is 0 Å². The van der Waals surface area contributed by atoms with Crippen molar-refractivity contribution in [2.24, 2.45) is 9.98 Å². The van der Waals surface area contributed by atoms with E-state index in [0.717, 1.165) is 16.8 Å². The van der Waals surface area contributed by atoms with Crippen LogP contribution in [0.5, 0.6) is 0 Å². The highest BCUT2D eigenvalue weighted by Crippen LogP contribution is 2.16. The molecule has 2 heterocycles. The van der Waals surface area contributed by atoms with Gasteiger partial charge in [0, 0.05) is 5.56 Å². The topological polar surface area (TPSA) is 75.4 Å². The second kappa shape index (κ2) is 9.18. The van der Waals surface area contributed by atoms with Gasteiger partial charge in [-0.05, 0) is 24.6 Å². The molecule has 0 atom stereocenters. The molecule has 0 unspecified atom stereocenters. The molecule has 0 aliphatic rings. The number of aliphatic imine (C=N–C) groups is 1. The molecule has 0 fully saturated rings. The summed E-state index contributed by atoms with van der Waals surface area (Å²) in [5, 5.41) is 0. The highest BCUT2D eigenvalue weighted by molar-refractivity contribution is 7.16. The Morgan fingerprint density at radius 1 is 0.939 bits per heavy atom. The smallest absolute Gasteiger partial charge is 0.270 e. The molecular weight excluding hydrogens is 430 g/mol. The lowest BCUT2D eigenvalue weighted by Crippen LogP contribution is -2.19. The van der Waals surface area contributed by atoms with E-state index in [9.17, 15) is 4.79 Å². The van der Waals surface area contributed by atoms with Crippen molar-refractivity contribution in [1.82, 2.24) is 14.5 Å². The number of hydrogen-bond donors (Lipinski definition) is 1. The van der Waals surface area contributed by atoms with Gasteiger partial charge in [-0.15, -0.1) is 0 Å². The van der Waals surface area contributed by atoms with Crippen LogP contribution in [0, 0.1) is 6.92 Å². The van der Waals surface area contributed by atoms with Gasteiger partial charge in [-0.1, -0.05) is 90.2 Å². The molecule has 0 saturated heterocycles. The first-order valence-corrected chi connectivity index (χ1v) is 11.4. The van der Waals surface area contributed by atoms with Crippen LogP contribution >= 0.6 is 11.3 Å². The third-order valence-electron chi connectivity index (χ3n) is 5.07. The van der Waals surface area contributed by atoms with Gasteiger partial charge in [-0.3, -0.25) is 9.36 Å². The van der Waals surface area contributed by atoms with Crippen LogP contribution in [-0.4, -0.2) is 20.4 Å². The number of H-pyrrole nitrogens is 1. The minimum atomic E-state index is -0.160. The highest BCUT2D eigenvalue weighted by atomic mass is 32.1. The van der Waals surface area contributed by atoms with E-state index in [1.807, 2.05) is 83.4 Å². The van der Waals surface area contributed by atoms with Gasteiger partial charge in [0.05, 0.1) is 12.2 Å². The number of rotatable bonds is 4. The summed E-state index contributed by atoms with van der Waals surface area (Å²) in [6.45, 7) is 2.33. The summed E-state index contributed by atoms with van der Waals surface area (Å²) in [5.74, 6) is 1.14. The van der Waals surface area contributed by atoms with E-state index in [1.165, 1.54) is 11.3 Å². The number of hydrogen-bond acceptors (Lipinski definition) is 4. The first-order valence-electron chi connectivity index (χ1n) is 10.6. The third-order valence-corrected chi connectivity index (χ3v) is 6.13.